The third kappa shape index (κ3) is 2.51. The maximum absolute atomic E-state index is 6.53. The van der Waals surface area contributed by atoms with Gasteiger partial charge in [-0.25, -0.2) is 0 Å². The van der Waals surface area contributed by atoms with Crippen molar-refractivity contribution in [3.63, 3.8) is 0 Å². The van der Waals surface area contributed by atoms with Crippen LogP contribution in [0.4, 0.5) is 0 Å². The lowest BCUT2D eigenvalue weighted by atomic mass is 9.82. The van der Waals surface area contributed by atoms with E-state index in [1.165, 1.54) is 0 Å². The standard InChI is InChI=1S/C14H14Cl2N2/c1-2-14(17,10-3-5-18-6-4-10)11-7-12(15)9-13(16)8-11/h3-9H,2,17H2,1H3. The van der Waals surface area contributed by atoms with Gasteiger partial charge in [-0.15, -0.1) is 0 Å². The van der Waals surface area contributed by atoms with Crippen LogP contribution in [0.5, 0.6) is 0 Å². The van der Waals surface area contributed by atoms with Gasteiger partial charge in [0.2, 0.25) is 0 Å². The summed E-state index contributed by atoms with van der Waals surface area (Å²) >= 11 is 12.1. The number of hydrogen-bond acceptors (Lipinski definition) is 2. The third-order valence-corrected chi connectivity index (χ3v) is 3.57. The molecule has 0 amide bonds. The highest BCUT2D eigenvalue weighted by atomic mass is 35.5. The van der Waals surface area contributed by atoms with E-state index in [0.717, 1.165) is 17.5 Å². The molecular weight excluding hydrogens is 267 g/mol. The third-order valence-electron chi connectivity index (χ3n) is 3.13. The van der Waals surface area contributed by atoms with Crippen molar-refractivity contribution in [2.75, 3.05) is 0 Å². The molecule has 1 atom stereocenters. The number of nitrogens with two attached hydrogens (primary N) is 1. The minimum absolute atomic E-state index is 0.592. The molecule has 18 heavy (non-hydrogen) atoms. The van der Waals surface area contributed by atoms with E-state index in [1.807, 2.05) is 31.2 Å². The van der Waals surface area contributed by atoms with Crippen molar-refractivity contribution in [3.8, 4) is 0 Å². The molecular formula is C14H14Cl2N2. The van der Waals surface area contributed by atoms with Gasteiger partial charge in [-0.05, 0) is 47.9 Å². The molecule has 1 heterocycles. The van der Waals surface area contributed by atoms with Crippen LogP contribution in [-0.2, 0) is 5.54 Å². The predicted octanol–water partition coefficient (Wildman–Crippen LogP) is 4.00. The fourth-order valence-corrected chi connectivity index (χ4v) is 2.56. The molecule has 0 saturated heterocycles. The van der Waals surface area contributed by atoms with Crippen LogP contribution in [0.1, 0.15) is 24.5 Å². The number of halogens is 2. The monoisotopic (exact) mass is 280 g/mol. The number of pyridine rings is 1. The molecule has 0 bridgehead atoms. The first kappa shape index (κ1) is 13.3. The summed E-state index contributed by atoms with van der Waals surface area (Å²) in [5.41, 5.74) is 7.84. The normalized spacial score (nSPS) is 14.2. The fourth-order valence-electron chi connectivity index (χ4n) is 2.04. The molecule has 1 aromatic heterocycles. The van der Waals surface area contributed by atoms with Crippen LogP contribution in [0.2, 0.25) is 10.0 Å². The molecule has 94 valence electrons. The van der Waals surface area contributed by atoms with Gasteiger partial charge in [0.25, 0.3) is 0 Å². The first-order valence-electron chi connectivity index (χ1n) is 5.72. The Bertz CT molecular complexity index is 522. The summed E-state index contributed by atoms with van der Waals surface area (Å²) in [5.74, 6) is 0. The van der Waals surface area contributed by atoms with E-state index in [9.17, 15) is 0 Å². The van der Waals surface area contributed by atoms with Crippen LogP contribution in [0, 0.1) is 0 Å². The lowest BCUT2D eigenvalue weighted by molar-refractivity contribution is 0.518. The van der Waals surface area contributed by atoms with E-state index < -0.39 is 5.54 Å². The van der Waals surface area contributed by atoms with E-state index in [1.54, 1.807) is 18.5 Å². The Morgan fingerprint density at radius 3 is 2.11 bits per heavy atom. The SMILES string of the molecule is CCC(N)(c1ccncc1)c1cc(Cl)cc(Cl)c1. The topological polar surface area (TPSA) is 38.9 Å². The zero-order valence-electron chi connectivity index (χ0n) is 10.0. The molecule has 2 nitrogen and oxygen atoms in total. The van der Waals surface area contributed by atoms with E-state index >= 15 is 0 Å². The first-order valence-corrected chi connectivity index (χ1v) is 6.48. The summed E-state index contributed by atoms with van der Waals surface area (Å²) in [7, 11) is 0. The highest BCUT2D eigenvalue weighted by molar-refractivity contribution is 6.34. The molecule has 0 aliphatic carbocycles. The number of hydrogen-bond donors (Lipinski definition) is 1. The van der Waals surface area contributed by atoms with Crippen LogP contribution in [-0.4, -0.2) is 4.98 Å². The van der Waals surface area contributed by atoms with Crippen LogP contribution in [0.15, 0.2) is 42.7 Å². The molecule has 0 saturated carbocycles. The lowest BCUT2D eigenvalue weighted by Crippen LogP contribution is -2.37. The molecule has 0 aliphatic heterocycles. The Kier molecular flexibility index (Phi) is 3.91. The number of nitrogens with zero attached hydrogens (tertiary/aromatic N) is 1. The quantitative estimate of drug-likeness (QED) is 0.923. The Morgan fingerprint density at radius 1 is 1.06 bits per heavy atom. The maximum Gasteiger partial charge on any atom is 0.0665 e. The maximum atomic E-state index is 6.53. The van der Waals surface area contributed by atoms with Gasteiger partial charge in [0, 0.05) is 22.4 Å². The summed E-state index contributed by atoms with van der Waals surface area (Å²) in [6, 6.07) is 9.25. The van der Waals surface area contributed by atoms with E-state index in [-0.39, 0.29) is 0 Å². The minimum Gasteiger partial charge on any atom is -0.318 e. The van der Waals surface area contributed by atoms with Gasteiger partial charge in [0.1, 0.15) is 0 Å². The fraction of sp³-hybridized carbons (Fsp3) is 0.214. The predicted molar refractivity (Wildman–Crippen MR) is 76.0 cm³/mol. The molecule has 1 unspecified atom stereocenters. The van der Waals surface area contributed by atoms with Gasteiger partial charge in [-0.1, -0.05) is 30.1 Å². The zero-order valence-corrected chi connectivity index (χ0v) is 11.5. The Labute approximate surface area is 117 Å². The summed E-state index contributed by atoms with van der Waals surface area (Å²) in [6.07, 6.45) is 4.21. The molecule has 0 aliphatic rings. The number of aromatic nitrogens is 1. The van der Waals surface area contributed by atoms with Crippen LogP contribution < -0.4 is 5.73 Å². The van der Waals surface area contributed by atoms with Crippen molar-refractivity contribution in [1.29, 1.82) is 0 Å². The smallest absolute Gasteiger partial charge is 0.0665 e. The van der Waals surface area contributed by atoms with Gasteiger partial charge < -0.3 is 5.73 Å². The average molecular weight is 281 g/mol. The second-order valence-electron chi connectivity index (χ2n) is 4.22. The molecule has 0 radical (unpaired) electrons. The Balaban J connectivity index is 2.56. The van der Waals surface area contributed by atoms with Crippen molar-refractivity contribution < 1.29 is 0 Å². The molecule has 2 aromatic rings. The van der Waals surface area contributed by atoms with E-state index in [4.69, 9.17) is 28.9 Å². The van der Waals surface area contributed by atoms with Gasteiger partial charge in [-0.2, -0.15) is 0 Å². The van der Waals surface area contributed by atoms with Gasteiger partial charge >= 0.3 is 0 Å². The van der Waals surface area contributed by atoms with Gasteiger partial charge in [0.05, 0.1) is 5.54 Å². The van der Waals surface area contributed by atoms with E-state index in [0.29, 0.717) is 10.0 Å². The second kappa shape index (κ2) is 5.27. The van der Waals surface area contributed by atoms with Crippen molar-refractivity contribution in [1.82, 2.24) is 4.98 Å². The van der Waals surface area contributed by atoms with Gasteiger partial charge in [0.15, 0.2) is 0 Å². The van der Waals surface area contributed by atoms with Crippen LogP contribution in [0.3, 0.4) is 0 Å². The Morgan fingerprint density at radius 2 is 1.61 bits per heavy atom. The van der Waals surface area contributed by atoms with Gasteiger partial charge in [-0.3, -0.25) is 4.98 Å². The van der Waals surface area contributed by atoms with E-state index in [2.05, 4.69) is 4.98 Å². The minimum atomic E-state index is -0.600. The highest BCUT2D eigenvalue weighted by Gasteiger charge is 2.28. The second-order valence-corrected chi connectivity index (χ2v) is 5.09. The van der Waals surface area contributed by atoms with Crippen molar-refractivity contribution >= 4 is 23.2 Å². The van der Waals surface area contributed by atoms with Crippen LogP contribution in [0.25, 0.3) is 0 Å². The lowest BCUT2D eigenvalue weighted by Gasteiger charge is -2.29. The number of rotatable bonds is 3. The summed E-state index contributed by atoms with van der Waals surface area (Å²) in [4.78, 5) is 4.01. The molecule has 4 heteroatoms. The molecule has 2 rings (SSSR count). The first-order chi connectivity index (χ1) is 8.56. The van der Waals surface area contributed by atoms with Crippen LogP contribution >= 0.6 is 23.2 Å². The Hall–Kier alpha value is -1.09. The van der Waals surface area contributed by atoms with Crippen molar-refractivity contribution in [3.05, 3.63) is 63.9 Å². The summed E-state index contributed by atoms with van der Waals surface area (Å²) < 4.78 is 0. The summed E-state index contributed by atoms with van der Waals surface area (Å²) in [6.45, 7) is 2.04. The van der Waals surface area contributed by atoms with Crippen molar-refractivity contribution in [2.45, 2.75) is 18.9 Å². The summed E-state index contributed by atoms with van der Waals surface area (Å²) in [5, 5.41) is 1.18. The van der Waals surface area contributed by atoms with Crippen molar-refractivity contribution in [2.24, 2.45) is 5.73 Å². The molecule has 0 spiro atoms. The number of benzene rings is 1. The molecule has 1 aromatic carbocycles. The zero-order chi connectivity index (χ0) is 13.2. The molecule has 0 fully saturated rings. The molecule has 2 N–H and O–H groups in total. The largest absolute Gasteiger partial charge is 0.318 e. The average Bonchev–Trinajstić information content (AvgIpc) is 2.37. The highest BCUT2D eigenvalue weighted by Crippen LogP contribution is 2.33.